The highest BCUT2D eigenvalue weighted by Crippen LogP contribution is 2.15. The van der Waals surface area contributed by atoms with Crippen LogP contribution in [0.2, 0.25) is 0 Å². The normalized spacial score (nSPS) is 9.58. The SMILES string of the molecule is [CH2]C(=O)Nc1ccc(C)cc1C. The number of carbonyl (C=O) groups excluding carboxylic acids is 1. The van der Waals surface area contributed by atoms with Crippen LogP contribution in [0.4, 0.5) is 5.69 Å². The van der Waals surface area contributed by atoms with Crippen LogP contribution in [0.5, 0.6) is 0 Å². The summed E-state index contributed by atoms with van der Waals surface area (Å²) in [5, 5.41) is 2.65. The van der Waals surface area contributed by atoms with Gasteiger partial charge in [0.25, 0.3) is 0 Å². The molecule has 2 heteroatoms. The van der Waals surface area contributed by atoms with Crippen molar-refractivity contribution < 1.29 is 4.79 Å². The summed E-state index contributed by atoms with van der Waals surface area (Å²) in [6, 6.07) is 5.86. The van der Waals surface area contributed by atoms with E-state index in [0.717, 1.165) is 11.3 Å². The van der Waals surface area contributed by atoms with Gasteiger partial charge in [-0.2, -0.15) is 0 Å². The second-order valence-electron chi connectivity index (χ2n) is 2.87. The van der Waals surface area contributed by atoms with Gasteiger partial charge in [-0.05, 0) is 25.5 Å². The van der Waals surface area contributed by atoms with Crippen molar-refractivity contribution in [2.45, 2.75) is 13.8 Å². The van der Waals surface area contributed by atoms with Gasteiger partial charge >= 0.3 is 0 Å². The summed E-state index contributed by atoms with van der Waals surface area (Å²) >= 11 is 0. The third-order valence-corrected chi connectivity index (χ3v) is 1.66. The topological polar surface area (TPSA) is 29.1 Å². The zero-order valence-corrected chi connectivity index (χ0v) is 7.35. The van der Waals surface area contributed by atoms with Gasteiger partial charge in [-0.3, -0.25) is 4.79 Å². The maximum absolute atomic E-state index is 10.6. The molecular weight excluding hydrogens is 150 g/mol. The fourth-order valence-electron chi connectivity index (χ4n) is 1.10. The molecule has 2 nitrogen and oxygen atoms in total. The number of carbonyl (C=O) groups is 1. The molecule has 0 aromatic heterocycles. The second-order valence-corrected chi connectivity index (χ2v) is 2.87. The third kappa shape index (κ3) is 2.09. The summed E-state index contributed by atoms with van der Waals surface area (Å²) in [5.74, 6) is -0.276. The fraction of sp³-hybridized carbons (Fsp3) is 0.200. The van der Waals surface area contributed by atoms with E-state index >= 15 is 0 Å². The van der Waals surface area contributed by atoms with E-state index in [0.29, 0.717) is 0 Å². The van der Waals surface area contributed by atoms with Gasteiger partial charge in [-0.15, -0.1) is 0 Å². The number of hydrogen-bond donors (Lipinski definition) is 1. The van der Waals surface area contributed by atoms with E-state index in [9.17, 15) is 4.79 Å². The lowest BCUT2D eigenvalue weighted by atomic mass is 10.1. The zero-order valence-electron chi connectivity index (χ0n) is 7.35. The zero-order chi connectivity index (χ0) is 9.14. The van der Waals surface area contributed by atoms with Crippen LogP contribution in [0.15, 0.2) is 18.2 Å². The Hall–Kier alpha value is -1.31. The molecular formula is C10H12NO. The lowest BCUT2D eigenvalue weighted by Crippen LogP contribution is -2.07. The molecule has 0 saturated heterocycles. The van der Waals surface area contributed by atoms with E-state index in [-0.39, 0.29) is 5.91 Å². The fourth-order valence-corrected chi connectivity index (χ4v) is 1.10. The van der Waals surface area contributed by atoms with Crippen LogP contribution in [0.1, 0.15) is 11.1 Å². The molecule has 0 unspecified atom stereocenters. The third-order valence-electron chi connectivity index (χ3n) is 1.66. The molecule has 12 heavy (non-hydrogen) atoms. The lowest BCUT2D eigenvalue weighted by molar-refractivity contribution is -0.112. The number of rotatable bonds is 1. The number of hydrogen-bond acceptors (Lipinski definition) is 1. The Kier molecular flexibility index (Phi) is 2.48. The molecule has 1 amide bonds. The van der Waals surface area contributed by atoms with Crippen molar-refractivity contribution in [3.63, 3.8) is 0 Å². The molecule has 0 aliphatic carbocycles. The second kappa shape index (κ2) is 3.39. The van der Waals surface area contributed by atoms with Crippen molar-refractivity contribution in [3.8, 4) is 0 Å². The Morgan fingerprint density at radius 2 is 2.08 bits per heavy atom. The van der Waals surface area contributed by atoms with Crippen LogP contribution < -0.4 is 5.32 Å². The first-order chi connectivity index (χ1) is 5.59. The van der Waals surface area contributed by atoms with Crippen molar-refractivity contribution >= 4 is 11.6 Å². The van der Waals surface area contributed by atoms with Gasteiger partial charge in [-0.25, -0.2) is 0 Å². The van der Waals surface area contributed by atoms with Gasteiger partial charge in [0.1, 0.15) is 0 Å². The van der Waals surface area contributed by atoms with Crippen LogP contribution >= 0.6 is 0 Å². The molecule has 1 radical (unpaired) electrons. The molecule has 0 aliphatic rings. The van der Waals surface area contributed by atoms with E-state index in [2.05, 4.69) is 12.2 Å². The highest BCUT2D eigenvalue weighted by Gasteiger charge is 1.98. The molecule has 1 rings (SSSR count). The van der Waals surface area contributed by atoms with E-state index in [1.807, 2.05) is 32.0 Å². The highest BCUT2D eigenvalue weighted by atomic mass is 16.1. The highest BCUT2D eigenvalue weighted by molar-refractivity contribution is 5.94. The number of amides is 1. The van der Waals surface area contributed by atoms with Crippen LogP contribution in [-0.2, 0) is 4.79 Å². The first kappa shape index (κ1) is 8.78. The molecule has 0 fully saturated rings. The van der Waals surface area contributed by atoms with Crippen molar-refractivity contribution in [2.75, 3.05) is 5.32 Å². The van der Waals surface area contributed by atoms with Crippen molar-refractivity contribution in [1.29, 1.82) is 0 Å². The van der Waals surface area contributed by atoms with Crippen LogP contribution in [0.3, 0.4) is 0 Å². The van der Waals surface area contributed by atoms with Gasteiger partial charge in [0.05, 0.1) is 0 Å². The molecule has 1 aromatic rings. The molecule has 0 atom stereocenters. The lowest BCUT2D eigenvalue weighted by Gasteiger charge is -2.06. The van der Waals surface area contributed by atoms with Crippen LogP contribution in [0, 0.1) is 20.8 Å². The first-order valence-corrected chi connectivity index (χ1v) is 3.80. The summed E-state index contributed by atoms with van der Waals surface area (Å²) in [6.45, 7) is 7.22. The predicted molar refractivity (Wildman–Crippen MR) is 49.9 cm³/mol. The number of benzene rings is 1. The maximum Gasteiger partial charge on any atom is 0.224 e. The van der Waals surface area contributed by atoms with Gasteiger partial charge < -0.3 is 5.32 Å². The summed E-state index contributed by atoms with van der Waals surface area (Å²) < 4.78 is 0. The number of nitrogens with one attached hydrogen (secondary N) is 1. The quantitative estimate of drug-likeness (QED) is 0.673. The van der Waals surface area contributed by atoms with Crippen molar-refractivity contribution in [1.82, 2.24) is 0 Å². The largest absolute Gasteiger partial charge is 0.326 e. The average molecular weight is 162 g/mol. The molecule has 0 saturated carbocycles. The molecule has 0 spiro atoms. The Bertz CT molecular complexity index is 305. The Morgan fingerprint density at radius 1 is 1.42 bits per heavy atom. The van der Waals surface area contributed by atoms with E-state index in [1.54, 1.807) is 0 Å². The summed E-state index contributed by atoms with van der Waals surface area (Å²) in [6.07, 6.45) is 0. The standard InChI is InChI=1S/C10H12NO/c1-7-4-5-10(8(2)6-7)11-9(3)12/h4-6H,3H2,1-2H3,(H,11,12). The predicted octanol–water partition coefficient (Wildman–Crippen LogP) is 2.08. The van der Waals surface area contributed by atoms with Crippen molar-refractivity contribution in [3.05, 3.63) is 36.2 Å². The first-order valence-electron chi connectivity index (χ1n) is 3.80. The van der Waals surface area contributed by atoms with Crippen molar-refractivity contribution in [2.24, 2.45) is 0 Å². The van der Waals surface area contributed by atoms with Crippen LogP contribution in [0.25, 0.3) is 0 Å². The van der Waals surface area contributed by atoms with Gasteiger partial charge in [-0.1, -0.05) is 17.7 Å². The average Bonchev–Trinajstić information content (AvgIpc) is 1.94. The minimum atomic E-state index is -0.276. The minimum Gasteiger partial charge on any atom is -0.326 e. The monoisotopic (exact) mass is 162 g/mol. The summed E-state index contributed by atoms with van der Waals surface area (Å²) in [7, 11) is 0. The van der Waals surface area contributed by atoms with E-state index in [4.69, 9.17) is 0 Å². The van der Waals surface area contributed by atoms with Gasteiger partial charge in [0, 0.05) is 12.6 Å². The Labute approximate surface area is 72.6 Å². The molecule has 63 valence electrons. The molecule has 0 aliphatic heterocycles. The molecule has 0 bridgehead atoms. The Morgan fingerprint density at radius 3 is 2.58 bits per heavy atom. The van der Waals surface area contributed by atoms with E-state index < -0.39 is 0 Å². The smallest absolute Gasteiger partial charge is 0.224 e. The molecule has 0 heterocycles. The summed E-state index contributed by atoms with van der Waals surface area (Å²) in [5.41, 5.74) is 3.09. The summed E-state index contributed by atoms with van der Waals surface area (Å²) in [4.78, 5) is 10.6. The number of anilines is 1. The molecule has 1 aromatic carbocycles. The van der Waals surface area contributed by atoms with E-state index in [1.165, 1.54) is 5.56 Å². The maximum atomic E-state index is 10.6. The molecule has 1 N–H and O–H groups in total. The van der Waals surface area contributed by atoms with Crippen LogP contribution in [-0.4, -0.2) is 5.91 Å². The minimum absolute atomic E-state index is 0.276. The van der Waals surface area contributed by atoms with Gasteiger partial charge in [0.2, 0.25) is 5.91 Å². The number of aryl methyl sites for hydroxylation is 2. The Balaban J connectivity index is 2.93. The van der Waals surface area contributed by atoms with Gasteiger partial charge in [0.15, 0.2) is 0 Å².